The van der Waals surface area contributed by atoms with E-state index in [1.807, 2.05) is 19.9 Å². The molecule has 1 aromatic rings. The van der Waals surface area contributed by atoms with Crippen molar-refractivity contribution in [2.45, 2.75) is 32.4 Å². The zero-order valence-corrected chi connectivity index (χ0v) is 8.79. The van der Waals surface area contributed by atoms with Crippen molar-refractivity contribution in [2.24, 2.45) is 0 Å². The molecule has 0 amide bonds. The highest BCUT2D eigenvalue weighted by Gasteiger charge is 2.18. The smallest absolute Gasteiger partial charge is 0.120 e. The third-order valence-electron chi connectivity index (χ3n) is 2.46. The van der Waals surface area contributed by atoms with Gasteiger partial charge in [0.2, 0.25) is 0 Å². The zero-order chi connectivity index (χ0) is 9.97. The third-order valence-corrected chi connectivity index (χ3v) is 2.46. The molecule has 0 aromatic heterocycles. The fraction of sp³-hybridized carbons (Fsp3) is 0.500. The lowest BCUT2D eigenvalue weighted by Gasteiger charge is -2.28. The Morgan fingerprint density at radius 2 is 2.21 bits per heavy atom. The van der Waals surface area contributed by atoms with Gasteiger partial charge in [0.05, 0.1) is 6.10 Å². The Bertz CT molecular complexity index is 305. The van der Waals surface area contributed by atoms with E-state index in [9.17, 15) is 0 Å². The molecule has 0 spiro atoms. The molecule has 76 valence electrons. The second kappa shape index (κ2) is 4.01. The van der Waals surface area contributed by atoms with Crippen molar-refractivity contribution in [1.29, 1.82) is 0 Å². The highest BCUT2D eigenvalue weighted by atomic mass is 16.5. The van der Waals surface area contributed by atoms with Gasteiger partial charge in [-0.3, -0.25) is 0 Å². The quantitative estimate of drug-likeness (QED) is 0.792. The van der Waals surface area contributed by atoms with Gasteiger partial charge in [-0.25, -0.2) is 0 Å². The van der Waals surface area contributed by atoms with Gasteiger partial charge in [0.25, 0.3) is 0 Å². The van der Waals surface area contributed by atoms with E-state index in [0.29, 0.717) is 6.04 Å². The molecule has 1 aliphatic rings. The summed E-state index contributed by atoms with van der Waals surface area (Å²) in [6.07, 6.45) is 1.49. The second-order valence-electron chi connectivity index (χ2n) is 4.03. The van der Waals surface area contributed by atoms with Crippen molar-refractivity contribution in [3.8, 4) is 5.75 Å². The summed E-state index contributed by atoms with van der Waals surface area (Å²) in [5, 5.41) is 3.39. The molecule has 1 heterocycles. The fourth-order valence-electron chi connectivity index (χ4n) is 1.65. The molecular weight excluding hydrogens is 174 g/mol. The minimum atomic E-state index is 0.250. The van der Waals surface area contributed by atoms with E-state index in [1.165, 1.54) is 12.0 Å². The standard InChI is InChI=1S/C12H17NO/c1-9(2)14-11-5-3-4-10(8-11)12-6-7-13-12/h3-5,8-9,12-13H,6-7H2,1-2H3. The fourth-order valence-corrected chi connectivity index (χ4v) is 1.65. The van der Waals surface area contributed by atoms with Gasteiger partial charge < -0.3 is 10.1 Å². The van der Waals surface area contributed by atoms with Gasteiger partial charge in [-0.2, -0.15) is 0 Å². The van der Waals surface area contributed by atoms with Crippen LogP contribution in [-0.4, -0.2) is 12.6 Å². The van der Waals surface area contributed by atoms with Crippen LogP contribution in [0.15, 0.2) is 24.3 Å². The average molecular weight is 191 g/mol. The van der Waals surface area contributed by atoms with E-state index >= 15 is 0 Å². The maximum absolute atomic E-state index is 5.65. The van der Waals surface area contributed by atoms with Crippen LogP contribution in [0.1, 0.15) is 31.9 Å². The lowest BCUT2D eigenvalue weighted by Crippen LogP contribution is -2.34. The number of hydrogen-bond acceptors (Lipinski definition) is 2. The lowest BCUT2D eigenvalue weighted by atomic mass is 9.98. The van der Waals surface area contributed by atoms with E-state index in [-0.39, 0.29) is 6.10 Å². The van der Waals surface area contributed by atoms with Gasteiger partial charge in [0, 0.05) is 6.04 Å². The number of hydrogen-bond donors (Lipinski definition) is 1. The van der Waals surface area contributed by atoms with Crippen molar-refractivity contribution < 1.29 is 4.74 Å². The normalized spacial score (nSPS) is 20.6. The molecule has 1 aliphatic heterocycles. The monoisotopic (exact) mass is 191 g/mol. The van der Waals surface area contributed by atoms with Gasteiger partial charge in [-0.1, -0.05) is 12.1 Å². The molecule has 2 rings (SSSR count). The summed E-state index contributed by atoms with van der Waals surface area (Å²) in [7, 11) is 0. The van der Waals surface area contributed by atoms with E-state index in [1.54, 1.807) is 0 Å². The first-order chi connectivity index (χ1) is 6.75. The third kappa shape index (κ3) is 2.07. The van der Waals surface area contributed by atoms with Gasteiger partial charge >= 0.3 is 0 Å². The van der Waals surface area contributed by atoms with Crippen molar-refractivity contribution in [3.63, 3.8) is 0 Å². The average Bonchev–Trinajstić information content (AvgIpc) is 1.99. The predicted molar refractivity (Wildman–Crippen MR) is 57.6 cm³/mol. The molecule has 0 bridgehead atoms. The molecular formula is C12H17NO. The minimum Gasteiger partial charge on any atom is -0.491 e. The van der Waals surface area contributed by atoms with Gasteiger partial charge in [-0.15, -0.1) is 0 Å². The summed E-state index contributed by atoms with van der Waals surface area (Å²) in [6.45, 7) is 5.24. The molecule has 1 atom stereocenters. The summed E-state index contributed by atoms with van der Waals surface area (Å²) >= 11 is 0. The van der Waals surface area contributed by atoms with Crippen LogP contribution in [0.2, 0.25) is 0 Å². The summed E-state index contributed by atoms with van der Waals surface area (Å²) in [4.78, 5) is 0. The molecule has 2 heteroatoms. The Hall–Kier alpha value is -1.02. The van der Waals surface area contributed by atoms with Crippen molar-refractivity contribution in [2.75, 3.05) is 6.54 Å². The largest absolute Gasteiger partial charge is 0.491 e. The molecule has 14 heavy (non-hydrogen) atoms. The molecule has 1 unspecified atom stereocenters. The Morgan fingerprint density at radius 1 is 1.43 bits per heavy atom. The molecule has 0 saturated carbocycles. The van der Waals surface area contributed by atoms with Gasteiger partial charge in [0.15, 0.2) is 0 Å². The Kier molecular flexibility index (Phi) is 2.73. The van der Waals surface area contributed by atoms with Crippen molar-refractivity contribution in [3.05, 3.63) is 29.8 Å². The van der Waals surface area contributed by atoms with Crippen LogP contribution in [0.3, 0.4) is 0 Å². The molecule has 1 fully saturated rings. The van der Waals surface area contributed by atoms with Crippen LogP contribution in [0.4, 0.5) is 0 Å². The number of ether oxygens (including phenoxy) is 1. The van der Waals surface area contributed by atoms with Crippen LogP contribution in [0.25, 0.3) is 0 Å². The van der Waals surface area contributed by atoms with E-state index in [0.717, 1.165) is 12.3 Å². The van der Waals surface area contributed by atoms with Crippen LogP contribution >= 0.6 is 0 Å². The number of benzene rings is 1. The minimum absolute atomic E-state index is 0.250. The van der Waals surface area contributed by atoms with Crippen LogP contribution in [0, 0.1) is 0 Å². The summed E-state index contributed by atoms with van der Waals surface area (Å²) in [5.41, 5.74) is 1.34. The second-order valence-corrected chi connectivity index (χ2v) is 4.03. The van der Waals surface area contributed by atoms with Crippen molar-refractivity contribution in [1.82, 2.24) is 5.32 Å². The first kappa shape index (κ1) is 9.53. The molecule has 1 saturated heterocycles. The van der Waals surface area contributed by atoms with E-state index in [2.05, 4.69) is 23.5 Å². The molecule has 1 N–H and O–H groups in total. The Balaban J connectivity index is 2.09. The SMILES string of the molecule is CC(C)Oc1cccc(C2CCN2)c1. The Morgan fingerprint density at radius 3 is 2.79 bits per heavy atom. The van der Waals surface area contributed by atoms with E-state index in [4.69, 9.17) is 4.74 Å². The zero-order valence-electron chi connectivity index (χ0n) is 8.79. The molecule has 2 nitrogen and oxygen atoms in total. The van der Waals surface area contributed by atoms with Crippen molar-refractivity contribution >= 4 is 0 Å². The molecule has 0 aliphatic carbocycles. The number of rotatable bonds is 3. The number of nitrogens with one attached hydrogen (secondary N) is 1. The molecule has 1 aromatic carbocycles. The van der Waals surface area contributed by atoms with Gasteiger partial charge in [-0.05, 0) is 44.5 Å². The highest BCUT2D eigenvalue weighted by Crippen LogP contribution is 2.26. The summed E-state index contributed by atoms with van der Waals surface area (Å²) in [5.74, 6) is 0.978. The first-order valence-corrected chi connectivity index (χ1v) is 5.26. The first-order valence-electron chi connectivity index (χ1n) is 5.26. The van der Waals surface area contributed by atoms with Gasteiger partial charge in [0.1, 0.15) is 5.75 Å². The van der Waals surface area contributed by atoms with Crippen LogP contribution in [0.5, 0.6) is 5.75 Å². The topological polar surface area (TPSA) is 21.3 Å². The lowest BCUT2D eigenvalue weighted by molar-refractivity contribution is 0.241. The molecule has 0 radical (unpaired) electrons. The van der Waals surface area contributed by atoms with Crippen LogP contribution in [-0.2, 0) is 0 Å². The predicted octanol–water partition coefficient (Wildman–Crippen LogP) is 2.51. The van der Waals surface area contributed by atoms with E-state index < -0.39 is 0 Å². The summed E-state index contributed by atoms with van der Waals surface area (Å²) in [6, 6.07) is 8.92. The maximum Gasteiger partial charge on any atom is 0.120 e. The highest BCUT2D eigenvalue weighted by molar-refractivity contribution is 5.31. The Labute approximate surface area is 85.3 Å². The van der Waals surface area contributed by atoms with Crippen LogP contribution < -0.4 is 10.1 Å². The maximum atomic E-state index is 5.65. The summed E-state index contributed by atoms with van der Waals surface area (Å²) < 4.78 is 5.65.